The van der Waals surface area contributed by atoms with E-state index in [0.29, 0.717) is 11.8 Å². The highest BCUT2D eigenvalue weighted by atomic mass is 35.5. The second-order valence-corrected chi connectivity index (χ2v) is 6.75. The average Bonchev–Trinajstić information content (AvgIpc) is 2.40. The number of hydrogen-bond donors (Lipinski definition) is 1. The molecule has 4 heteroatoms. The molecule has 0 aromatic rings. The second kappa shape index (κ2) is 8.66. The van der Waals surface area contributed by atoms with E-state index in [9.17, 15) is 9.59 Å². The number of carboxylic acids is 1. The van der Waals surface area contributed by atoms with Crippen LogP contribution >= 0.6 is 11.6 Å². The first kappa shape index (κ1) is 17.5. The Bertz CT molecular complexity index is 298. The summed E-state index contributed by atoms with van der Waals surface area (Å²) < 4.78 is 0. The Morgan fingerprint density at radius 1 is 0.850 bits per heavy atom. The maximum atomic E-state index is 10.8. The SMILES string of the molecule is CC1CCCCC1C(=O)Cl.CC1CCCCC1C(=O)O. The molecule has 2 fully saturated rings. The van der Waals surface area contributed by atoms with Gasteiger partial charge >= 0.3 is 5.97 Å². The fourth-order valence-corrected chi connectivity index (χ4v) is 3.66. The maximum absolute atomic E-state index is 10.8. The summed E-state index contributed by atoms with van der Waals surface area (Å²) in [5.41, 5.74) is 0. The predicted octanol–water partition coefficient (Wildman–Crippen LogP) is 4.48. The Balaban J connectivity index is 0.000000200. The Morgan fingerprint density at radius 3 is 1.50 bits per heavy atom. The minimum Gasteiger partial charge on any atom is -0.481 e. The summed E-state index contributed by atoms with van der Waals surface area (Å²) in [5, 5.41) is 8.58. The van der Waals surface area contributed by atoms with Crippen LogP contribution in [0.25, 0.3) is 0 Å². The molecule has 4 atom stereocenters. The third-order valence-corrected chi connectivity index (χ3v) is 5.11. The molecular formula is C16H27ClO3. The van der Waals surface area contributed by atoms with Crippen molar-refractivity contribution in [1.82, 2.24) is 0 Å². The molecule has 0 radical (unpaired) electrons. The summed E-state index contributed by atoms with van der Waals surface area (Å²) in [5.74, 6) is 0.390. The zero-order chi connectivity index (χ0) is 15.1. The molecule has 2 aliphatic carbocycles. The molecule has 3 nitrogen and oxygen atoms in total. The van der Waals surface area contributed by atoms with Crippen molar-refractivity contribution in [3.05, 3.63) is 0 Å². The minimum absolute atomic E-state index is 0.0613. The van der Waals surface area contributed by atoms with Gasteiger partial charge in [-0.25, -0.2) is 0 Å². The molecule has 4 unspecified atom stereocenters. The van der Waals surface area contributed by atoms with E-state index in [4.69, 9.17) is 16.7 Å². The van der Waals surface area contributed by atoms with Crippen LogP contribution in [0.2, 0.25) is 0 Å². The number of hydrogen-bond acceptors (Lipinski definition) is 2. The van der Waals surface area contributed by atoms with Gasteiger partial charge in [-0.3, -0.25) is 9.59 Å². The molecule has 0 heterocycles. The maximum Gasteiger partial charge on any atom is 0.306 e. The second-order valence-electron chi connectivity index (χ2n) is 6.38. The quantitative estimate of drug-likeness (QED) is 0.765. The van der Waals surface area contributed by atoms with Crippen molar-refractivity contribution < 1.29 is 14.7 Å². The fraction of sp³-hybridized carbons (Fsp3) is 0.875. The number of aliphatic carboxylic acids is 1. The first-order valence-electron chi connectivity index (χ1n) is 7.85. The molecule has 2 aliphatic rings. The van der Waals surface area contributed by atoms with Crippen LogP contribution in [0.5, 0.6) is 0 Å². The van der Waals surface area contributed by atoms with E-state index in [1.807, 2.05) is 6.92 Å². The van der Waals surface area contributed by atoms with E-state index in [1.165, 1.54) is 25.7 Å². The van der Waals surface area contributed by atoms with Crippen molar-refractivity contribution >= 4 is 22.8 Å². The average molecular weight is 303 g/mol. The molecule has 0 saturated heterocycles. The number of carbonyl (C=O) groups excluding carboxylic acids is 1. The van der Waals surface area contributed by atoms with E-state index in [-0.39, 0.29) is 17.1 Å². The molecule has 2 rings (SSSR count). The van der Waals surface area contributed by atoms with Gasteiger partial charge < -0.3 is 5.11 Å². The van der Waals surface area contributed by atoms with Crippen LogP contribution in [0, 0.1) is 23.7 Å². The normalized spacial score (nSPS) is 33.8. The van der Waals surface area contributed by atoms with Crippen LogP contribution in [0.1, 0.15) is 65.2 Å². The third-order valence-electron chi connectivity index (χ3n) is 4.83. The van der Waals surface area contributed by atoms with Gasteiger partial charge in [0.25, 0.3) is 0 Å². The van der Waals surface area contributed by atoms with E-state index in [0.717, 1.165) is 25.7 Å². The molecule has 1 N–H and O–H groups in total. The monoisotopic (exact) mass is 302 g/mol. The van der Waals surface area contributed by atoms with Crippen molar-refractivity contribution in [3.63, 3.8) is 0 Å². The minimum atomic E-state index is -0.604. The number of rotatable bonds is 2. The largest absolute Gasteiger partial charge is 0.481 e. The van der Waals surface area contributed by atoms with Crippen LogP contribution in [0.3, 0.4) is 0 Å². The topological polar surface area (TPSA) is 54.4 Å². The molecule has 0 aromatic carbocycles. The van der Waals surface area contributed by atoms with Crippen LogP contribution in [0.15, 0.2) is 0 Å². The van der Waals surface area contributed by atoms with Crippen molar-refractivity contribution in [2.24, 2.45) is 23.7 Å². The summed E-state index contributed by atoms with van der Waals surface area (Å²) in [4.78, 5) is 21.3. The van der Waals surface area contributed by atoms with Crippen LogP contribution in [-0.2, 0) is 9.59 Å². The molecule has 0 aliphatic heterocycles. The Kier molecular flexibility index (Phi) is 7.57. The van der Waals surface area contributed by atoms with Crippen molar-refractivity contribution in [2.45, 2.75) is 65.2 Å². The highest BCUT2D eigenvalue weighted by Gasteiger charge is 2.27. The summed E-state index contributed by atoms with van der Waals surface area (Å²) in [6, 6.07) is 0. The highest BCUT2D eigenvalue weighted by molar-refractivity contribution is 6.64. The van der Waals surface area contributed by atoms with Crippen molar-refractivity contribution in [1.29, 1.82) is 0 Å². The lowest BCUT2D eigenvalue weighted by molar-refractivity contribution is -0.144. The van der Waals surface area contributed by atoms with Crippen LogP contribution < -0.4 is 0 Å². The Hall–Kier alpha value is -0.570. The zero-order valence-electron chi connectivity index (χ0n) is 12.6. The van der Waals surface area contributed by atoms with E-state index >= 15 is 0 Å². The third kappa shape index (κ3) is 5.43. The molecule has 0 spiro atoms. The molecule has 0 amide bonds. The molecule has 20 heavy (non-hydrogen) atoms. The molecular weight excluding hydrogens is 276 g/mol. The lowest BCUT2D eigenvalue weighted by Gasteiger charge is -2.24. The van der Waals surface area contributed by atoms with Gasteiger partial charge in [0.15, 0.2) is 0 Å². The zero-order valence-corrected chi connectivity index (χ0v) is 13.4. The Morgan fingerprint density at radius 2 is 1.25 bits per heavy atom. The van der Waals surface area contributed by atoms with Gasteiger partial charge in [-0.1, -0.05) is 39.5 Å². The van der Waals surface area contributed by atoms with Gasteiger partial charge in [-0.15, -0.1) is 0 Å². The van der Waals surface area contributed by atoms with Gasteiger partial charge in [-0.2, -0.15) is 0 Å². The van der Waals surface area contributed by atoms with Gasteiger partial charge in [-0.05, 0) is 49.1 Å². The van der Waals surface area contributed by atoms with E-state index in [1.54, 1.807) is 0 Å². The summed E-state index contributed by atoms with van der Waals surface area (Å²) in [6.45, 7) is 4.15. The van der Waals surface area contributed by atoms with Gasteiger partial charge in [0.05, 0.1) is 5.92 Å². The van der Waals surface area contributed by atoms with Crippen LogP contribution in [-0.4, -0.2) is 16.3 Å². The molecule has 2 saturated carbocycles. The first-order chi connectivity index (χ1) is 9.43. The lowest BCUT2D eigenvalue weighted by atomic mass is 9.81. The number of carbonyl (C=O) groups is 2. The molecule has 116 valence electrons. The van der Waals surface area contributed by atoms with Gasteiger partial charge in [0, 0.05) is 5.92 Å². The van der Waals surface area contributed by atoms with Crippen molar-refractivity contribution in [3.8, 4) is 0 Å². The number of carboxylic acid groups (broad SMARTS) is 1. The highest BCUT2D eigenvalue weighted by Crippen LogP contribution is 2.31. The van der Waals surface area contributed by atoms with E-state index < -0.39 is 5.97 Å². The van der Waals surface area contributed by atoms with E-state index in [2.05, 4.69) is 6.92 Å². The number of halogens is 1. The molecule has 0 bridgehead atoms. The van der Waals surface area contributed by atoms with Gasteiger partial charge in [0.2, 0.25) is 5.24 Å². The van der Waals surface area contributed by atoms with Crippen LogP contribution in [0.4, 0.5) is 0 Å². The lowest BCUT2D eigenvalue weighted by Crippen LogP contribution is -2.24. The summed E-state index contributed by atoms with van der Waals surface area (Å²) >= 11 is 5.41. The van der Waals surface area contributed by atoms with Gasteiger partial charge in [0.1, 0.15) is 0 Å². The van der Waals surface area contributed by atoms with Crippen molar-refractivity contribution in [2.75, 3.05) is 0 Å². The first-order valence-corrected chi connectivity index (χ1v) is 8.23. The summed E-state index contributed by atoms with van der Waals surface area (Å²) in [6.07, 6.45) is 8.90. The summed E-state index contributed by atoms with van der Waals surface area (Å²) in [7, 11) is 0. The predicted molar refractivity (Wildman–Crippen MR) is 80.7 cm³/mol. The standard InChI is InChI=1S/C8H13ClO.C8H14O2/c2*1-6-4-2-3-5-7(6)8(9)10/h6-7H,2-5H2,1H3;6-7H,2-5H2,1H3,(H,9,10). The molecule has 0 aromatic heterocycles. The smallest absolute Gasteiger partial charge is 0.306 e. The fourth-order valence-electron chi connectivity index (χ4n) is 3.34. The Labute approximate surface area is 127 Å².